The first-order valence-electron chi connectivity index (χ1n) is 6.73. The maximum Gasteiger partial charge on any atom is 0.234 e. The number of aromatic nitrogens is 3. The normalized spacial score (nSPS) is 11.1. The highest BCUT2D eigenvalue weighted by Crippen LogP contribution is 2.18. The number of aryl methyl sites for hydroxylation is 2. The van der Waals surface area contributed by atoms with Crippen LogP contribution in [-0.2, 0) is 11.2 Å². The Hall–Kier alpha value is -2.04. The molecule has 2 aromatic rings. The maximum absolute atomic E-state index is 11.7. The second-order valence-corrected chi connectivity index (χ2v) is 5.50. The number of nitrogens with zero attached hydrogens (tertiary/aromatic N) is 3. The van der Waals surface area contributed by atoms with Crippen molar-refractivity contribution >= 4 is 5.78 Å². The van der Waals surface area contributed by atoms with Crippen LogP contribution < -0.4 is 0 Å². The zero-order valence-electron chi connectivity index (χ0n) is 12.3. The lowest BCUT2D eigenvalue weighted by Gasteiger charge is -2.01. The van der Waals surface area contributed by atoms with E-state index in [1.807, 2.05) is 33.8 Å². The van der Waals surface area contributed by atoms with Gasteiger partial charge >= 0.3 is 0 Å². The standard InChI is InChI=1S/C15H19N3O2/c1-9(2)5-12(19)7-13-17-15(18-20-13)14-11(4)6-10(3)8-16-14/h6,8-9H,5,7H2,1-4H3. The number of pyridine rings is 1. The molecule has 0 aliphatic carbocycles. The van der Waals surface area contributed by atoms with E-state index in [1.54, 1.807) is 6.20 Å². The Labute approximate surface area is 118 Å². The van der Waals surface area contributed by atoms with Gasteiger partial charge in [0, 0.05) is 12.6 Å². The fourth-order valence-electron chi connectivity index (χ4n) is 2.07. The molecular weight excluding hydrogens is 254 g/mol. The zero-order chi connectivity index (χ0) is 14.7. The van der Waals surface area contributed by atoms with Crippen molar-refractivity contribution in [1.82, 2.24) is 15.1 Å². The number of hydrogen-bond donors (Lipinski definition) is 0. The van der Waals surface area contributed by atoms with Crippen LogP contribution in [0, 0.1) is 19.8 Å². The lowest BCUT2D eigenvalue weighted by atomic mass is 10.1. The summed E-state index contributed by atoms with van der Waals surface area (Å²) in [4.78, 5) is 20.3. The van der Waals surface area contributed by atoms with Gasteiger partial charge in [-0.1, -0.05) is 25.1 Å². The van der Waals surface area contributed by atoms with Gasteiger partial charge in [0.15, 0.2) is 0 Å². The van der Waals surface area contributed by atoms with Gasteiger partial charge in [-0.3, -0.25) is 9.78 Å². The number of carbonyl (C=O) groups is 1. The van der Waals surface area contributed by atoms with Crippen LogP contribution in [0.1, 0.15) is 37.3 Å². The second-order valence-electron chi connectivity index (χ2n) is 5.50. The van der Waals surface area contributed by atoms with E-state index in [4.69, 9.17) is 4.52 Å². The minimum absolute atomic E-state index is 0.115. The van der Waals surface area contributed by atoms with E-state index >= 15 is 0 Å². The summed E-state index contributed by atoms with van der Waals surface area (Å²) in [6.45, 7) is 7.96. The van der Waals surface area contributed by atoms with E-state index in [0.717, 1.165) is 11.1 Å². The van der Waals surface area contributed by atoms with Gasteiger partial charge in [-0.15, -0.1) is 0 Å². The topological polar surface area (TPSA) is 68.9 Å². The third-order valence-electron chi connectivity index (χ3n) is 2.88. The third kappa shape index (κ3) is 3.50. The van der Waals surface area contributed by atoms with Crippen LogP contribution in [0.2, 0.25) is 0 Å². The largest absolute Gasteiger partial charge is 0.338 e. The SMILES string of the molecule is Cc1cnc(-c2noc(CC(=O)CC(C)C)n2)c(C)c1. The second kappa shape index (κ2) is 5.94. The molecule has 0 amide bonds. The first-order chi connectivity index (χ1) is 9.45. The van der Waals surface area contributed by atoms with Crippen LogP contribution in [0.4, 0.5) is 0 Å². The summed E-state index contributed by atoms with van der Waals surface area (Å²) >= 11 is 0. The van der Waals surface area contributed by atoms with E-state index in [9.17, 15) is 4.79 Å². The summed E-state index contributed by atoms with van der Waals surface area (Å²) in [5.74, 6) is 1.25. The van der Waals surface area contributed by atoms with Crippen LogP contribution in [0.25, 0.3) is 11.5 Å². The zero-order valence-corrected chi connectivity index (χ0v) is 12.3. The summed E-state index contributed by atoms with van der Waals surface area (Å²) < 4.78 is 5.13. The van der Waals surface area contributed by atoms with Crippen molar-refractivity contribution in [3.63, 3.8) is 0 Å². The molecule has 2 aromatic heterocycles. The predicted octanol–water partition coefficient (Wildman–Crippen LogP) is 2.91. The van der Waals surface area contributed by atoms with E-state index in [1.165, 1.54) is 0 Å². The van der Waals surface area contributed by atoms with Crippen molar-refractivity contribution in [3.05, 3.63) is 29.3 Å². The van der Waals surface area contributed by atoms with Gasteiger partial charge in [-0.2, -0.15) is 4.98 Å². The summed E-state index contributed by atoms with van der Waals surface area (Å²) in [6.07, 6.45) is 2.48. The number of rotatable bonds is 5. The molecule has 0 unspecified atom stereocenters. The van der Waals surface area contributed by atoms with Gasteiger partial charge < -0.3 is 4.52 Å². The monoisotopic (exact) mass is 273 g/mol. The molecule has 0 saturated carbocycles. The number of ketones is 1. The van der Waals surface area contributed by atoms with Crippen molar-refractivity contribution in [3.8, 4) is 11.5 Å². The van der Waals surface area contributed by atoms with Crippen LogP contribution in [0.5, 0.6) is 0 Å². The quantitative estimate of drug-likeness (QED) is 0.837. The highest BCUT2D eigenvalue weighted by molar-refractivity contribution is 5.80. The maximum atomic E-state index is 11.7. The molecular formula is C15H19N3O2. The Morgan fingerprint density at radius 1 is 1.35 bits per heavy atom. The molecule has 5 nitrogen and oxygen atoms in total. The Balaban J connectivity index is 2.14. The lowest BCUT2D eigenvalue weighted by molar-refractivity contribution is -0.119. The smallest absolute Gasteiger partial charge is 0.234 e. The first kappa shape index (κ1) is 14.4. The molecule has 0 N–H and O–H groups in total. The predicted molar refractivity (Wildman–Crippen MR) is 75.2 cm³/mol. The van der Waals surface area contributed by atoms with Crippen molar-refractivity contribution in [1.29, 1.82) is 0 Å². The number of carbonyl (C=O) groups excluding carboxylic acids is 1. The molecule has 2 rings (SSSR count). The van der Waals surface area contributed by atoms with Crippen molar-refractivity contribution in [2.24, 2.45) is 5.92 Å². The Morgan fingerprint density at radius 2 is 2.10 bits per heavy atom. The molecule has 0 atom stereocenters. The average molecular weight is 273 g/mol. The summed E-state index contributed by atoms with van der Waals surface area (Å²) in [5.41, 5.74) is 2.77. The van der Waals surface area contributed by atoms with Gasteiger partial charge in [0.25, 0.3) is 0 Å². The molecule has 5 heteroatoms. The molecule has 2 heterocycles. The third-order valence-corrected chi connectivity index (χ3v) is 2.88. The van der Waals surface area contributed by atoms with Gasteiger partial charge in [0.2, 0.25) is 11.7 Å². The fourth-order valence-corrected chi connectivity index (χ4v) is 2.07. The van der Waals surface area contributed by atoms with Gasteiger partial charge in [0.1, 0.15) is 11.5 Å². The van der Waals surface area contributed by atoms with E-state index in [-0.39, 0.29) is 12.2 Å². The minimum Gasteiger partial charge on any atom is -0.338 e. The molecule has 0 aliphatic heterocycles. The van der Waals surface area contributed by atoms with Gasteiger partial charge in [-0.25, -0.2) is 0 Å². The molecule has 20 heavy (non-hydrogen) atoms. The first-order valence-corrected chi connectivity index (χ1v) is 6.73. The lowest BCUT2D eigenvalue weighted by Crippen LogP contribution is -2.06. The van der Waals surface area contributed by atoms with E-state index in [2.05, 4.69) is 15.1 Å². The molecule has 106 valence electrons. The molecule has 0 bridgehead atoms. The Morgan fingerprint density at radius 3 is 2.75 bits per heavy atom. The van der Waals surface area contributed by atoms with Crippen molar-refractivity contribution < 1.29 is 9.32 Å². The van der Waals surface area contributed by atoms with Crippen LogP contribution >= 0.6 is 0 Å². The number of hydrogen-bond acceptors (Lipinski definition) is 5. The Kier molecular flexibility index (Phi) is 4.27. The molecule has 0 fully saturated rings. The van der Waals surface area contributed by atoms with Crippen LogP contribution in [0.15, 0.2) is 16.8 Å². The van der Waals surface area contributed by atoms with Crippen LogP contribution in [-0.4, -0.2) is 20.9 Å². The average Bonchev–Trinajstić information content (AvgIpc) is 2.75. The summed E-state index contributed by atoms with van der Waals surface area (Å²) in [6, 6.07) is 2.02. The molecule has 0 spiro atoms. The highest BCUT2D eigenvalue weighted by Gasteiger charge is 2.15. The molecule has 0 radical (unpaired) electrons. The van der Waals surface area contributed by atoms with Crippen LogP contribution in [0.3, 0.4) is 0 Å². The Bertz CT molecular complexity index is 617. The molecule has 0 saturated heterocycles. The fraction of sp³-hybridized carbons (Fsp3) is 0.467. The summed E-state index contributed by atoms with van der Waals surface area (Å²) in [5, 5.41) is 3.91. The van der Waals surface area contributed by atoms with Crippen molar-refractivity contribution in [2.45, 2.75) is 40.5 Å². The minimum atomic E-state index is 0.115. The highest BCUT2D eigenvalue weighted by atomic mass is 16.5. The van der Waals surface area contributed by atoms with Gasteiger partial charge in [-0.05, 0) is 30.9 Å². The van der Waals surface area contributed by atoms with Gasteiger partial charge in [0.05, 0.1) is 6.42 Å². The summed E-state index contributed by atoms with van der Waals surface area (Å²) in [7, 11) is 0. The molecule has 0 aliphatic rings. The van der Waals surface area contributed by atoms with E-state index in [0.29, 0.717) is 29.7 Å². The molecule has 0 aromatic carbocycles. The van der Waals surface area contributed by atoms with E-state index < -0.39 is 0 Å². The van der Waals surface area contributed by atoms with Crippen molar-refractivity contribution in [2.75, 3.05) is 0 Å². The number of Topliss-reactive ketones (excluding diaryl/α,β-unsaturated/α-hetero) is 1.